The largest absolute Gasteiger partial charge is 0.347 e. The molecule has 1 aromatic heterocycles. The van der Waals surface area contributed by atoms with Crippen molar-refractivity contribution in [1.29, 1.82) is 0 Å². The maximum absolute atomic E-state index is 12.8. The van der Waals surface area contributed by atoms with E-state index in [2.05, 4.69) is 21.8 Å². The van der Waals surface area contributed by atoms with Crippen LogP contribution in [0.25, 0.3) is 0 Å². The molecule has 0 unspecified atom stereocenters. The molecule has 3 heterocycles. The third-order valence-corrected chi connectivity index (χ3v) is 4.99. The number of likely N-dealkylation sites (tertiary alicyclic amines) is 1. The van der Waals surface area contributed by atoms with Crippen molar-refractivity contribution in [1.82, 2.24) is 24.7 Å². The summed E-state index contributed by atoms with van der Waals surface area (Å²) in [5.74, 6) is 0.928. The monoisotopic (exact) mass is 319 g/mol. The molecule has 2 saturated heterocycles. The van der Waals surface area contributed by atoms with E-state index in [1.54, 1.807) is 11.1 Å². The quantitative estimate of drug-likeness (QED) is 0.876. The summed E-state index contributed by atoms with van der Waals surface area (Å²) in [5.41, 5.74) is 0. The van der Waals surface area contributed by atoms with Gasteiger partial charge in [-0.05, 0) is 13.5 Å². The van der Waals surface area contributed by atoms with Gasteiger partial charge in [-0.3, -0.25) is 14.5 Å². The van der Waals surface area contributed by atoms with Gasteiger partial charge in [-0.2, -0.15) is 0 Å². The summed E-state index contributed by atoms with van der Waals surface area (Å²) in [6, 6.07) is 0.104. The van der Waals surface area contributed by atoms with Crippen LogP contribution in [-0.4, -0.2) is 75.8 Å². The number of nitrogens with zero attached hydrogens (tertiary/aromatic N) is 4. The fourth-order valence-corrected chi connectivity index (χ4v) is 3.62. The first-order valence-corrected chi connectivity index (χ1v) is 8.43. The zero-order valence-corrected chi connectivity index (χ0v) is 13.9. The zero-order chi connectivity index (χ0) is 16.4. The van der Waals surface area contributed by atoms with Crippen molar-refractivity contribution >= 4 is 11.8 Å². The van der Waals surface area contributed by atoms with Crippen molar-refractivity contribution in [3.8, 4) is 0 Å². The molecule has 1 N–H and O–H groups in total. The summed E-state index contributed by atoms with van der Waals surface area (Å²) >= 11 is 0. The van der Waals surface area contributed by atoms with E-state index in [9.17, 15) is 9.59 Å². The van der Waals surface area contributed by atoms with E-state index in [1.165, 1.54) is 0 Å². The van der Waals surface area contributed by atoms with Crippen LogP contribution < -0.4 is 0 Å². The second-order valence-corrected chi connectivity index (χ2v) is 6.24. The Morgan fingerprint density at radius 3 is 2.74 bits per heavy atom. The minimum atomic E-state index is -0.187. The average molecular weight is 319 g/mol. The highest BCUT2D eigenvalue weighted by molar-refractivity contribution is 5.89. The van der Waals surface area contributed by atoms with Crippen LogP contribution in [-0.2, 0) is 9.59 Å². The molecular formula is C16H25N5O2. The van der Waals surface area contributed by atoms with Crippen molar-refractivity contribution in [3.05, 3.63) is 18.2 Å². The molecule has 0 bridgehead atoms. The van der Waals surface area contributed by atoms with Crippen molar-refractivity contribution in [2.45, 2.75) is 26.3 Å². The molecule has 0 spiro atoms. The Labute approximate surface area is 136 Å². The van der Waals surface area contributed by atoms with Gasteiger partial charge in [0.15, 0.2) is 0 Å². The Morgan fingerprint density at radius 2 is 2.13 bits per heavy atom. The number of aromatic nitrogens is 2. The first-order chi connectivity index (χ1) is 11.1. The predicted molar refractivity (Wildman–Crippen MR) is 85.5 cm³/mol. The summed E-state index contributed by atoms with van der Waals surface area (Å²) in [7, 11) is 0. The number of aromatic amines is 1. The number of likely N-dealkylation sites (N-methyl/N-ethyl adjacent to an activating group) is 1. The number of carbonyl (C=O) groups excluding carboxylic acids is 2. The van der Waals surface area contributed by atoms with Gasteiger partial charge in [-0.1, -0.05) is 6.92 Å². The summed E-state index contributed by atoms with van der Waals surface area (Å²) in [4.78, 5) is 38.3. The molecule has 0 radical (unpaired) electrons. The Balaban J connectivity index is 1.69. The van der Waals surface area contributed by atoms with E-state index in [4.69, 9.17) is 0 Å². The summed E-state index contributed by atoms with van der Waals surface area (Å²) in [6.45, 7) is 8.46. The number of piperazine rings is 1. The lowest BCUT2D eigenvalue weighted by Gasteiger charge is -2.40. The first-order valence-electron chi connectivity index (χ1n) is 8.43. The third-order valence-electron chi connectivity index (χ3n) is 4.99. The second kappa shape index (κ2) is 6.70. The molecule has 3 rings (SSSR count). The molecule has 0 aliphatic carbocycles. The smallest absolute Gasteiger partial charge is 0.228 e. The van der Waals surface area contributed by atoms with Crippen LogP contribution in [0, 0.1) is 5.92 Å². The van der Waals surface area contributed by atoms with E-state index >= 15 is 0 Å². The van der Waals surface area contributed by atoms with Gasteiger partial charge in [0.05, 0.1) is 12.0 Å². The Morgan fingerprint density at radius 1 is 1.30 bits per heavy atom. The second-order valence-electron chi connectivity index (χ2n) is 6.24. The number of hydrogen-bond donors (Lipinski definition) is 1. The van der Waals surface area contributed by atoms with Gasteiger partial charge in [-0.25, -0.2) is 4.98 Å². The van der Waals surface area contributed by atoms with Gasteiger partial charge in [0.2, 0.25) is 11.8 Å². The molecule has 2 atom stereocenters. The predicted octanol–water partition coefficient (Wildman–Crippen LogP) is 0.483. The number of imidazole rings is 1. The molecule has 0 aromatic carbocycles. The molecule has 1 aromatic rings. The van der Waals surface area contributed by atoms with Gasteiger partial charge in [0.1, 0.15) is 5.82 Å². The first kappa shape index (κ1) is 16.0. The summed E-state index contributed by atoms with van der Waals surface area (Å²) in [5, 5.41) is 0. The number of rotatable bonds is 4. The highest BCUT2D eigenvalue weighted by atomic mass is 16.2. The van der Waals surface area contributed by atoms with Crippen molar-refractivity contribution in [2.75, 3.05) is 39.3 Å². The van der Waals surface area contributed by atoms with Crippen LogP contribution in [0.15, 0.2) is 12.4 Å². The van der Waals surface area contributed by atoms with Gasteiger partial charge in [-0.15, -0.1) is 0 Å². The number of H-pyrrole nitrogens is 1. The Hall–Kier alpha value is -1.89. The number of hydrogen-bond acceptors (Lipinski definition) is 4. The third kappa shape index (κ3) is 3.10. The van der Waals surface area contributed by atoms with Gasteiger partial charge in [0.25, 0.3) is 0 Å². The molecule has 2 aliphatic heterocycles. The van der Waals surface area contributed by atoms with Crippen LogP contribution in [0.1, 0.15) is 32.1 Å². The van der Waals surface area contributed by atoms with Crippen LogP contribution in [0.3, 0.4) is 0 Å². The topological polar surface area (TPSA) is 72.5 Å². The maximum atomic E-state index is 12.8. The summed E-state index contributed by atoms with van der Waals surface area (Å²) < 4.78 is 0. The highest BCUT2D eigenvalue weighted by Crippen LogP contribution is 2.26. The van der Waals surface area contributed by atoms with Crippen LogP contribution in [0.2, 0.25) is 0 Å². The fraction of sp³-hybridized carbons (Fsp3) is 0.688. The normalized spacial score (nSPS) is 26.1. The van der Waals surface area contributed by atoms with Crippen molar-refractivity contribution in [3.63, 3.8) is 0 Å². The van der Waals surface area contributed by atoms with Crippen molar-refractivity contribution < 1.29 is 9.59 Å². The Bertz CT molecular complexity index is 559. The molecular weight excluding hydrogens is 294 g/mol. The fourth-order valence-electron chi connectivity index (χ4n) is 3.62. The van der Waals surface area contributed by atoms with Gasteiger partial charge >= 0.3 is 0 Å². The zero-order valence-electron chi connectivity index (χ0n) is 13.9. The Kier molecular flexibility index (Phi) is 4.66. The minimum absolute atomic E-state index is 0.0978. The van der Waals surface area contributed by atoms with Crippen molar-refractivity contribution in [2.24, 2.45) is 5.92 Å². The molecule has 7 heteroatoms. The van der Waals surface area contributed by atoms with E-state index in [0.29, 0.717) is 26.1 Å². The van der Waals surface area contributed by atoms with Gasteiger partial charge < -0.3 is 14.8 Å². The molecule has 2 amide bonds. The molecule has 2 fully saturated rings. The van der Waals surface area contributed by atoms with Crippen LogP contribution in [0.5, 0.6) is 0 Å². The van der Waals surface area contributed by atoms with Crippen LogP contribution in [0.4, 0.5) is 0 Å². The van der Waals surface area contributed by atoms with Crippen LogP contribution >= 0.6 is 0 Å². The summed E-state index contributed by atoms with van der Waals surface area (Å²) in [6.07, 6.45) is 3.92. The average Bonchev–Trinajstić information content (AvgIpc) is 3.23. The van der Waals surface area contributed by atoms with E-state index in [0.717, 1.165) is 25.5 Å². The molecule has 0 saturated carbocycles. The number of carbonyl (C=O) groups is 2. The number of nitrogens with one attached hydrogen (secondary N) is 1. The SMILES string of the molecule is CCN1C[C@@H](C(=O)N2CCN(CC)[C@H](c3ncc[nH]3)C2)CC1=O. The standard InChI is InChI=1S/C16H25N5O2/c1-3-19-7-8-21(11-13(19)15-17-5-6-18-15)16(23)12-9-14(22)20(4-2)10-12/h5-6,12-13H,3-4,7-11H2,1-2H3,(H,17,18)/t12-,13-/m0/s1. The molecule has 7 nitrogen and oxygen atoms in total. The lowest BCUT2D eigenvalue weighted by atomic mass is 10.0. The molecule has 23 heavy (non-hydrogen) atoms. The lowest BCUT2D eigenvalue weighted by Crippen LogP contribution is -2.52. The maximum Gasteiger partial charge on any atom is 0.228 e. The van der Waals surface area contributed by atoms with E-state index in [1.807, 2.05) is 18.0 Å². The van der Waals surface area contributed by atoms with E-state index < -0.39 is 0 Å². The molecule has 2 aliphatic rings. The number of amides is 2. The van der Waals surface area contributed by atoms with E-state index in [-0.39, 0.29) is 23.8 Å². The lowest BCUT2D eigenvalue weighted by molar-refractivity contribution is -0.138. The highest BCUT2D eigenvalue weighted by Gasteiger charge is 2.38. The molecule has 126 valence electrons. The van der Waals surface area contributed by atoms with Gasteiger partial charge in [0, 0.05) is 51.5 Å². The minimum Gasteiger partial charge on any atom is -0.347 e.